The summed E-state index contributed by atoms with van der Waals surface area (Å²) < 4.78 is 20.3. The molecule has 2 atom stereocenters. The second kappa shape index (κ2) is 11.2. The molecule has 1 aromatic heterocycles. The summed E-state index contributed by atoms with van der Waals surface area (Å²) in [7, 11) is 0. The molecule has 9 heteroatoms. The Bertz CT molecular complexity index is 1390. The number of amides is 2. The van der Waals surface area contributed by atoms with Crippen LogP contribution >= 0.6 is 0 Å². The number of nitrogens with one attached hydrogen (secondary N) is 1. The normalized spacial score (nSPS) is 16.8. The summed E-state index contributed by atoms with van der Waals surface area (Å²) in [5, 5.41) is 6.98. The number of hydrogen-bond acceptors (Lipinski definition) is 5. The van der Waals surface area contributed by atoms with Gasteiger partial charge in [-0.05, 0) is 85.3 Å². The summed E-state index contributed by atoms with van der Waals surface area (Å²) in [6, 6.07) is 20.3. The van der Waals surface area contributed by atoms with Crippen molar-refractivity contribution in [1.82, 2.24) is 19.7 Å². The van der Waals surface area contributed by atoms with Crippen molar-refractivity contribution in [1.29, 1.82) is 0 Å². The molecule has 2 amide bonds. The first kappa shape index (κ1) is 25.1. The maximum atomic E-state index is 13.4. The highest BCUT2D eigenvalue weighted by Gasteiger charge is 2.39. The van der Waals surface area contributed by atoms with Crippen LogP contribution in [0.4, 0.5) is 10.1 Å². The lowest BCUT2D eigenvalue weighted by atomic mass is 9.94. The predicted molar refractivity (Wildman–Crippen MR) is 140 cm³/mol. The molecule has 0 spiro atoms. The van der Waals surface area contributed by atoms with E-state index in [1.807, 2.05) is 12.1 Å². The summed E-state index contributed by atoms with van der Waals surface area (Å²) >= 11 is 0. The summed E-state index contributed by atoms with van der Waals surface area (Å²) in [5.41, 5.74) is 3.01. The molecule has 0 bridgehead atoms. The van der Waals surface area contributed by atoms with Gasteiger partial charge < -0.3 is 15.0 Å². The maximum absolute atomic E-state index is 13.4. The van der Waals surface area contributed by atoms with E-state index in [1.54, 1.807) is 41.3 Å². The fraction of sp³-hybridized carbons (Fsp3) is 0.241. The molecule has 0 radical (unpaired) electrons. The number of aromatic nitrogens is 3. The molecule has 1 aliphatic rings. The van der Waals surface area contributed by atoms with Gasteiger partial charge in [0.05, 0.1) is 0 Å². The third kappa shape index (κ3) is 6.05. The Morgan fingerprint density at radius 3 is 2.42 bits per heavy atom. The Morgan fingerprint density at radius 1 is 1.03 bits per heavy atom. The molecule has 2 heterocycles. The van der Waals surface area contributed by atoms with Crippen LogP contribution < -0.4 is 10.1 Å². The largest absolute Gasteiger partial charge is 0.457 e. The molecular weight excluding hydrogens is 485 g/mol. The van der Waals surface area contributed by atoms with Gasteiger partial charge in [0, 0.05) is 12.2 Å². The van der Waals surface area contributed by atoms with Crippen LogP contribution in [-0.4, -0.2) is 44.1 Å². The van der Waals surface area contributed by atoms with Crippen LogP contribution in [0, 0.1) is 18.7 Å². The average Bonchev–Trinajstić information content (AvgIpc) is 3.58. The fourth-order valence-electron chi connectivity index (χ4n) is 4.76. The van der Waals surface area contributed by atoms with Crippen molar-refractivity contribution < 1.29 is 18.7 Å². The summed E-state index contributed by atoms with van der Waals surface area (Å²) in [4.78, 5) is 32.2. The van der Waals surface area contributed by atoms with Gasteiger partial charge in [-0.2, -0.15) is 5.10 Å². The van der Waals surface area contributed by atoms with Gasteiger partial charge in [0.15, 0.2) is 0 Å². The van der Waals surface area contributed by atoms with E-state index in [9.17, 15) is 14.0 Å². The summed E-state index contributed by atoms with van der Waals surface area (Å²) in [5.74, 6) is 0.464. The Labute approximate surface area is 220 Å². The van der Waals surface area contributed by atoms with Crippen molar-refractivity contribution in [3.63, 3.8) is 0 Å². The van der Waals surface area contributed by atoms with Crippen molar-refractivity contribution in [2.45, 2.75) is 32.4 Å². The SMILES string of the molecule is Cc1ccccc1CC1C[C@@H](C(=O)Nc2ccc(Oc3ccc(F)cc3)cc2)N(C(=O)Cn2cncn2)C1. The van der Waals surface area contributed by atoms with Crippen LogP contribution in [0.3, 0.4) is 0 Å². The number of ether oxygens (including phenoxy) is 1. The number of anilines is 1. The first-order valence-electron chi connectivity index (χ1n) is 12.5. The zero-order valence-corrected chi connectivity index (χ0v) is 21.0. The third-order valence-electron chi connectivity index (χ3n) is 6.72. The highest BCUT2D eigenvalue weighted by Crippen LogP contribution is 2.29. The minimum atomic E-state index is -0.602. The van der Waals surface area contributed by atoms with E-state index in [0.29, 0.717) is 30.2 Å². The van der Waals surface area contributed by atoms with E-state index >= 15 is 0 Å². The lowest BCUT2D eigenvalue weighted by Gasteiger charge is -2.24. The molecule has 1 saturated heterocycles. The molecule has 8 nitrogen and oxygen atoms in total. The topological polar surface area (TPSA) is 89.4 Å². The van der Waals surface area contributed by atoms with Gasteiger partial charge in [-0.1, -0.05) is 24.3 Å². The van der Waals surface area contributed by atoms with Gasteiger partial charge in [0.25, 0.3) is 0 Å². The van der Waals surface area contributed by atoms with Crippen molar-refractivity contribution in [2.75, 3.05) is 11.9 Å². The van der Waals surface area contributed by atoms with Crippen molar-refractivity contribution >= 4 is 17.5 Å². The lowest BCUT2D eigenvalue weighted by molar-refractivity contribution is -0.137. The molecule has 1 unspecified atom stereocenters. The Morgan fingerprint density at radius 2 is 1.74 bits per heavy atom. The number of carbonyl (C=O) groups excluding carboxylic acids is 2. The standard InChI is InChI=1S/C29H28FN5O3/c1-20-4-2-3-5-22(20)14-21-15-27(35(16-21)28(36)17-34-19-31-18-32-34)29(37)33-24-8-12-26(13-9-24)38-25-10-6-23(30)7-11-25/h2-13,18-19,21,27H,14-17H2,1H3,(H,33,37)/t21?,27-/m0/s1. The Kier molecular flexibility index (Phi) is 7.44. The van der Waals surface area contributed by atoms with Crippen LogP contribution in [0.25, 0.3) is 0 Å². The second-order valence-corrected chi connectivity index (χ2v) is 9.46. The second-order valence-electron chi connectivity index (χ2n) is 9.46. The van der Waals surface area contributed by atoms with E-state index in [2.05, 4.69) is 34.5 Å². The third-order valence-corrected chi connectivity index (χ3v) is 6.72. The lowest BCUT2D eigenvalue weighted by Crippen LogP contribution is -2.44. The minimum Gasteiger partial charge on any atom is -0.457 e. The molecule has 1 N–H and O–H groups in total. The van der Waals surface area contributed by atoms with Gasteiger partial charge >= 0.3 is 0 Å². The van der Waals surface area contributed by atoms with Crippen LogP contribution in [0.15, 0.2) is 85.5 Å². The highest BCUT2D eigenvalue weighted by molar-refractivity contribution is 5.97. The maximum Gasteiger partial charge on any atom is 0.247 e. The highest BCUT2D eigenvalue weighted by atomic mass is 19.1. The van der Waals surface area contributed by atoms with Gasteiger partial charge in [-0.15, -0.1) is 0 Å². The quantitative estimate of drug-likeness (QED) is 0.372. The predicted octanol–water partition coefficient (Wildman–Crippen LogP) is 4.62. The van der Waals surface area contributed by atoms with Crippen molar-refractivity contribution in [3.8, 4) is 11.5 Å². The fourth-order valence-corrected chi connectivity index (χ4v) is 4.76. The first-order chi connectivity index (χ1) is 18.4. The number of aryl methyl sites for hydroxylation is 1. The van der Waals surface area contributed by atoms with E-state index in [-0.39, 0.29) is 30.1 Å². The first-order valence-corrected chi connectivity index (χ1v) is 12.5. The van der Waals surface area contributed by atoms with Gasteiger partial charge in [0.1, 0.15) is 42.6 Å². The number of benzene rings is 3. The van der Waals surface area contributed by atoms with E-state index in [1.165, 1.54) is 40.6 Å². The van der Waals surface area contributed by atoms with E-state index < -0.39 is 6.04 Å². The molecule has 5 rings (SSSR count). The zero-order valence-electron chi connectivity index (χ0n) is 21.0. The monoisotopic (exact) mass is 513 g/mol. The Balaban J connectivity index is 1.27. The van der Waals surface area contributed by atoms with Gasteiger partial charge in [-0.25, -0.2) is 14.1 Å². The van der Waals surface area contributed by atoms with Crippen LogP contribution in [0.1, 0.15) is 17.5 Å². The van der Waals surface area contributed by atoms with Crippen molar-refractivity contribution in [2.24, 2.45) is 5.92 Å². The number of halogens is 1. The number of likely N-dealkylation sites (tertiary alicyclic amines) is 1. The minimum absolute atomic E-state index is 0.0241. The molecule has 4 aromatic rings. The molecular formula is C29H28FN5O3. The van der Waals surface area contributed by atoms with Crippen LogP contribution in [0.5, 0.6) is 11.5 Å². The van der Waals surface area contributed by atoms with Crippen LogP contribution in [-0.2, 0) is 22.6 Å². The zero-order chi connectivity index (χ0) is 26.5. The molecule has 194 valence electrons. The Hall–Kier alpha value is -4.53. The molecule has 3 aromatic carbocycles. The summed E-state index contributed by atoms with van der Waals surface area (Å²) in [6.45, 7) is 2.59. The smallest absolute Gasteiger partial charge is 0.247 e. The molecule has 0 aliphatic carbocycles. The van der Waals surface area contributed by atoms with Crippen molar-refractivity contribution in [3.05, 3.63) is 102 Å². The molecule has 1 fully saturated rings. The average molecular weight is 514 g/mol. The molecule has 0 saturated carbocycles. The van der Waals surface area contributed by atoms with E-state index in [0.717, 1.165) is 6.42 Å². The number of hydrogen-bond donors (Lipinski definition) is 1. The molecule has 1 aliphatic heterocycles. The van der Waals surface area contributed by atoms with Gasteiger partial charge in [-0.3, -0.25) is 9.59 Å². The molecule has 38 heavy (non-hydrogen) atoms. The number of carbonyl (C=O) groups is 2. The number of rotatable bonds is 8. The summed E-state index contributed by atoms with van der Waals surface area (Å²) in [6.07, 6.45) is 4.23. The van der Waals surface area contributed by atoms with Gasteiger partial charge in [0.2, 0.25) is 11.8 Å². The number of nitrogens with zero attached hydrogens (tertiary/aromatic N) is 4. The van der Waals surface area contributed by atoms with Crippen LogP contribution in [0.2, 0.25) is 0 Å². The van der Waals surface area contributed by atoms with E-state index in [4.69, 9.17) is 4.74 Å².